The van der Waals surface area contributed by atoms with Gasteiger partial charge in [0.25, 0.3) is 0 Å². The maximum atomic E-state index is 14.1. The van der Waals surface area contributed by atoms with Crippen LogP contribution in [0.25, 0.3) is 0 Å². The van der Waals surface area contributed by atoms with E-state index in [2.05, 4.69) is 17.4 Å². The van der Waals surface area contributed by atoms with Crippen LogP contribution in [0.15, 0.2) is 48.5 Å². The molecule has 0 aromatic heterocycles. The maximum absolute atomic E-state index is 14.1. The molecule has 1 atom stereocenters. The molecular formula is C36H49N3O4S. The number of carbonyl (C=O) groups excluding carboxylic acids is 2. The van der Waals surface area contributed by atoms with Crippen molar-refractivity contribution in [3.05, 3.63) is 65.2 Å². The number of benzene rings is 2. The summed E-state index contributed by atoms with van der Waals surface area (Å²) in [6.45, 7) is 3.61. The third-order valence-electron chi connectivity index (χ3n) is 11.2. The van der Waals surface area contributed by atoms with Gasteiger partial charge >= 0.3 is 0 Å². The second-order valence-electron chi connectivity index (χ2n) is 14.5. The number of amides is 2. The molecule has 0 heterocycles. The Morgan fingerprint density at radius 3 is 2.07 bits per heavy atom. The number of sulfonamides is 1. The molecule has 0 spiro atoms. The number of anilines is 1. The van der Waals surface area contributed by atoms with Gasteiger partial charge in [-0.15, -0.1) is 0 Å². The Labute approximate surface area is 263 Å². The van der Waals surface area contributed by atoms with Gasteiger partial charge in [0, 0.05) is 12.6 Å². The van der Waals surface area contributed by atoms with Crippen molar-refractivity contribution in [2.45, 2.75) is 109 Å². The molecule has 0 radical (unpaired) electrons. The normalized spacial score (nSPS) is 27.1. The van der Waals surface area contributed by atoms with Gasteiger partial charge in [-0.2, -0.15) is 0 Å². The van der Waals surface area contributed by atoms with Gasteiger partial charge in [0.1, 0.15) is 12.6 Å². The van der Waals surface area contributed by atoms with Crippen LogP contribution in [0.2, 0.25) is 0 Å². The lowest BCUT2D eigenvalue weighted by atomic mass is 9.48. The summed E-state index contributed by atoms with van der Waals surface area (Å²) in [6, 6.07) is 15.2. The molecule has 8 heteroatoms. The smallest absolute Gasteiger partial charge is 0.244 e. The fourth-order valence-corrected chi connectivity index (χ4v) is 10.0. The van der Waals surface area contributed by atoms with Gasteiger partial charge < -0.3 is 10.2 Å². The molecule has 238 valence electrons. The molecular weight excluding hydrogens is 570 g/mol. The molecule has 5 fully saturated rings. The summed E-state index contributed by atoms with van der Waals surface area (Å²) in [6.07, 6.45) is 14.3. The lowest BCUT2D eigenvalue weighted by Gasteiger charge is -2.57. The SMILES string of the molecule is Cc1ccccc1CN(C(=O)CN(c1ccc(C23CC4CC(CC(C4)C2)C3)cc1)S(C)(=O)=O)C(C)C(=O)NC1CCCCC1. The van der Waals surface area contributed by atoms with E-state index in [4.69, 9.17) is 0 Å². The average Bonchev–Trinajstić information content (AvgIpc) is 2.98. The summed E-state index contributed by atoms with van der Waals surface area (Å²) in [4.78, 5) is 29.1. The van der Waals surface area contributed by atoms with E-state index in [1.54, 1.807) is 11.8 Å². The zero-order valence-corrected chi connectivity index (χ0v) is 27.5. The Bertz CT molecular complexity index is 1430. The molecule has 2 aromatic carbocycles. The van der Waals surface area contributed by atoms with E-state index in [1.807, 2.05) is 43.3 Å². The first-order valence-electron chi connectivity index (χ1n) is 16.7. The quantitative estimate of drug-likeness (QED) is 0.349. The van der Waals surface area contributed by atoms with Crippen molar-refractivity contribution in [3.63, 3.8) is 0 Å². The van der Waals surface area contributed by atoms with E-state index in [0.29, 0.717) is 5.69 Å². The molecule has 5 saturated carbocycles. The minimum atomic E-state index is -3.77. The minimum Gasteiger partial charge on any atom is -0.352 e. The fraction of sp³-hybridized carbons (Fsp3) is 0.611. The van der Waals surface area contributed by atoms with Crippen molar-refractivity contribution in [2.24, 2.45) is 17.8 Å². The van der Waals surface area contributed by atoms with Crippen molar-refractivity contribution in [1.82, 2.24) is 10.2 Å². The predicted molar refractivity (Wildman–Crippen MR) is 175 cm³/mol. The molecule has 5 aliphatic rings. The highest BCUT2D eigenvalue weighted by atomic mass is 32.2. The molecule has 2 aromatic rings. The number of nitrogens with one attached hydrogen (secondary N) is 1. The maximum Gasteiger partial charge on any atom is 0.244 e. The highest BCUT2D eigenvalue weighted by Crippen LogP contribution is 2.60. The highest BCUT2D eigenvalue weighted by molar-refractivity contribution is 7.92. The van der Waals surface area contributed by atoms with Crippen LogP contribution in [0.1, 0.15) is 94.2 Å². The topological polar surface area (TPSA) is 86.8 Å². The Hall–Kier alpha value is -2.87. The van der Waals surface area contributed by atoms with E-state index >= 15 is 0 Å². The Kier molecular flexibility index (Phi) is 8.84. The number of hydrogen-bond donors (Lipinski definition) is 1. The number of nitrogens with zero attached hydrogens (tertiary/aromatic N) is 2. The van der Waals surface area contributed by atoms with Gasteiger partial charge in [-0.25, -0.2) is 8.42 Å². The van der Waals surface area contributed by atoms with Gasteiger partial charge in [-0.1, -0.05) is 55.7 Å². The van der Waals surface area contributed by atoms with Crippen LogP contribution >= 0.6 is 0 Å². The minimum absolute atomic E-state index is 0.120. The Morgan fingerprint density at radius 2 is 1.50 bits per heavy atom. The molecule has 5 aliphatic carbocycles. The van der Waals surface area contributed by atoms with Gasteiger partial charge in [0.05, 0.1) is 11.9 Å². The van der Waals surface area contributed by atoms with Crippen LogP contribution in [0.4, 0.5) is 5.69 Å². The molecule has 1 N–H and O–H groups in total. The van der Waals surface area contributed by atoms with E-state index in [9.17, 15) is 18.0 Å². The van der Waals surface area contributed by atoms with E-state index in [-0.39, 0.29) is 30.5 Å². The van der Waals surface area contributed by atoms with Crippen LogP contribution < -0.4 is 9.62 Å². The van der Waals surface area contributed by atoms with Crippen molar-refractivity contribution >= 4 is 27.5 Å². The number of carbonyl (C=O) groups is 2. The van der Waals surface area contributed by atoms with E-state index < -0.39 is 22.0 Å². The Balaban J connectivity index is 1.23. The first kappa shape index (κ1) is 31.1. The van der Waals surface area contributed by atoms with Gasteiger partial charge in [-0.3, -0.25) is 13.9 Å². The molecule has 44 heavy (non-hydrogen) atoms. The summed E-state index contributed by atoms with van der Waals surface area (Å²) in [5.74, 6) is 1.88. The zero-order chi connectivity index (χ0) is 31.1. The van der Waals surface area contributed by atoms with Crippen LogP contribution in [-0.2, 0) is 31.6 Å². The third-order valence-corrected chi connectivity index (χ3v) is 12.3. The predicted octanol–water partition coefficient (Wildman–Crippen LogP) is 6.10. The second kappa shape index (κ2) is 12.5. The zero-order valence-electron chi connectivity index (χ0n) is 26.6. The van der Waals surface area contributed by atoms with Crippen LogP contribution in [-0.4, -0.2) is 50.0 Å². The third kappa shape index (κ3) is 6.56. The first-order chi connectivity index (χ1) is 21.0. The van der Waals surface area contributed by atoms with Crippen LogP contribution in [0.3, 0.4) is 0 Å². The monoisotopic (exact) mass is 619 g/mol. The standard InChI is InChI=1S/C36H49N3O4S/c1-25-9-7-8-10-30(25)23-38(26(2)35(41)37-32-11-5-4-6-12-32)34(40)24-39(44(3,42)43)33-15-13-31(14-16-33)36-20-27-17-28(21-36)19-29(18-27)22-36/h7-10,13-16,26-29,32H,4-6,11-12,17-24H2,1-3H3,(H,37,41). The molecule has 1 unspecified atom stereocenters. The van der Waals surface area contributed by atoms with Crippen LogP contribution in [0, 0.1) is 24.7 Å². The first-order valence-corrected chi connectivity index (χ1v) is 18.6. The lowest BCUT2D eigenvalue weighted by Crippen LogP contribution is -2.53. The molecule has 0 aliphatic heterocycles. The van der Waals surface area contributed by atoms with Gasteiger partial charge in [0.2, 0.25) is 21.8 Å². The molecule has 4 bridgehead atoms. The summed E-state index contributed by atoms with van der Waals surface area (Å²) < 4.78 is 27.5. The molecule has 7 rings (SSSR count). The summed E-state index contributed by atoms with van der Waals surface area (Å²) in [7, 11) is -3.77. The summed E-state index contributed by atoms with van der Waals surface area (Å²) >= 11 is 0. The molecule has 7 nitrogen and oxygen atoms in total. The summed E-state index contributed by atoms with van der Waals surface area (Å²) in [5.41, 5.74) is 3.97. The Morgan fingerprint density at radius 1 is 0.909 bits per heavy atom. The average molecular weight is 620 g/mol. The van der Waals surface area contributed by atoms with Gasteiger partial charge in [-0.05, 0) is 117 Å². The number of hydrogen-bond acceptors (Lipinski definition) is 4. The van der Waals surface area contributed by atoms with Crippen molar-refractivity contribution in [1.29, 1.82) is 0 Å². The number of aryl methyl sites for hydroxylation is 1. The highest BCUT2D eigenvalue weighted by Gasteiger charge is 2.51. The van der Waals surface area contributed by atoms with Crippen LogP contribution in [0.5, 0.6) is 0 Å². The van der Waals surface area contributed by atoms with E-state index in [1.165, 1.54) is 54.8 Å². The molecule has 0 saturated heterocycles. The van der Waals surface area contributed by atoms with Crippen molar-refractivity contribution in [2.75, 3.05) is 17.1 Å². The van der Waals surface area contributed by atoms with E-state index in [0.717, 1.165) is 60.8 Å². The summed E-state index contributed by atoms with van der Waals surface area (Å²) in [5, 5.41) is 3.17. The number of rotatable bonds is 10. The second-order valence-corrected chi connectivity index (χ2v) is 16.4. The van der Waals surface area contributed by atoms with Crippen molar-refractivity contribution in [3.8, 4) is 0 Å². The lowest BCUT2D eigenvalue weighted by molar-refractivity contribution is -0.139. The fourth-order valence-electron chi connectivity index (χ4n) is 9.18. The largest absolute Gasteiger partial charge is 0.352 e. The van der Waals surface area contributed by atoms with Gasteiger partial charge in [0.15, 0.2) is 0 Å². The molecule has 2 amide bonds. The van der Waals surface area contributed by atoms with Crippen molar-refractivity contribution < 1.29 is 18.0 Å².